The van der Waals surface area contributed by atoms with Crippen molar-refractivity contribution in [3.63, 3.8) is 0 Å². The number of aromatic nitrogens is 2. The largest absolute Gasteiger partial charge is 0.416 e. The Morgan fingerprint density at radius 3 is 0.713 bits per heavy atom. The van der Waals surface area contributed by atoms with Gasteiger partial charge in [-0.2, -0.15) is 52.7 Å². The number of para-hydroxylation sites is 2. The van der Waals surface area contributed by atoms with E-state index in [4.69, 9.17) is 0 Å². The Kier molecular flexibility index (Phi) is 16.7. The van der Waals surface area contributed by atoms with Crippen LogP contribution < -0.4 is 26.2 Å². The molecule has 0 saturated heterocycles. The van der Waals surface area contributed by atoms with Gasteiger partial charge in [0.2, 0.25) is 0 Å². The van der Waals surface area contributed by atoms with Gasteiger partial charge in [-0.05, 0) is 181 Å². The Balaban J connectivity index is 1.05. The summed E-state index contributed by atoms with van der Waals surface area (Å²) in [5.41, 5.74) is 12.8. The number of fused-ring (bicyclic) bond motifs is 10. The van der Waals surface area contributed by atoms with E-state index in [-0.39, 0.29) is 43.6 Å². The molecule has 2 aromatic heterocycles. The van der Waals surface area contributed by atoms with E-state index in [2.05, 4.69) is 67.0 Å². The first-order valence-corrected chi connectivity index (χ1v) is 37.4. The number of halogens is 12. The monoisotopic (exact) mass is 1530 g/mol. The van der Waals surface area contributed by atoms with Crippen molar-refractivity contribution in [2.75, 3.05) is 9.80 Å². The zero-order valence-electron chi connectivity index (χ0n) is 61.6. The van der Waals surface area contributed by atoms with Crippen LogP contribution >= 0.6 is 0 Å². The standard InChI is InChI=1S/C98H63BF12N4/c1-94(2,3)68-52-85-91-86(53-68)115(93-73(60-28-14-6-15-29-60)38-23-39-74(93)61-30-16-7-17-31-61)88-57-70(113-83-46-42-66(97(106,107)108)50-79(83)80-51-67(98(109,110)111)43-47-84(80)113)55-76(63-34-20-9-21-35-63)90(88)99(91)89-75(62-32-18-8-19-33-62)54-69(112-81-44-40-64(95(100,101)102)48-77(81)78-49-65(96(103,104)105)41-45-82(78)112)56-87(89)114(85)92-71(58-24-10-4-11-25-58)36-22-37-72(92)59-26-12-5-13-27-59/h4-57H,1-3H3. The summed E-state index contributed by atoms with van der Waals surface area (Å²) in [5, 5.41) is -0.287. The lowest BCUT2D eigenvalue weighted by Crippen LogP contribution is -2.62. The van der Waals surface area contributed by atoms with Crippen LogP contribution in [0.15, 0.2) is 328 Å². The summed E-state index contributed by atoms with van der Waals surface area (Å²) in [6.07, 6.45) is -19.6. The van der Waals surface area contributed by atoms with Crippen LogP contribution in [-0.4, -0.2) is 15.8 Å². The van der Waals surface area contributed by atoms with Crippen LogP contribution in [0.5, 0.6) is 0 Å². The fraction of sp³-hybridized carbons (Fsp3) is 0.0816. The Morgan fingerprint density at radius 1 is 0.226 bits per heavy atom. The van der Waals surface area contributed by atoms with Crippen molar-refractivity contribution in [1.82, 2.24) is 9.13 Å². The molecule has 2 aliphatic rings. The van der Waals surface area contributed by atoms with E-state index in [1.807, 2.05) is 218 Å². The molecule has 2 aliphatic heterocycles. The van der Waals surface area contributed by atoms with Crippen molar-refractivity contribution >= 4 is 101 Å². The van der Waals surface area contributed by atoms with Gasteiger partial charge in [-0.15, -0.1) is 0 Å². The molecule has 0 amide bonds. The molecule has 0 radical (unpaired) electrons. The topological polar surface area (TPSA) is 16.3 Å². The van der Waals surface area contributed by atoms with Gasteiger partial charge < -0.3 is 18.9 Å². The lowest BCUT2D eigenvalue weighted by Gasteiger charge is -2.47. The summed E-state index contributed by atoms with van der Waals surface area (Å²) in [7, 11) is 0. The van der Waals surface area contributed by atoms with Crippen molar-refractivity contribution in [1.29, 1.82) is 0 Å². The van der Waals surface area contributed by atoms with Crippen molar-refractivity contribution in [3.8, 4) is 78.1 Å². The van der Waals surface area contributed by atoms with E-state index in [0.717, 1.165) is 126 Å². The van der Waals surface area contributed by atoms with Crippen molar-refractivity contribution in [2.24, 2.45) is 0 Å². The summed E-state index contributed by atoms with van der Waals surface area (Å²) in [4.78, 5) is 4.61. The van der Waals surface area contributed by atoms with Gasteiger partial charge in [0.05, 0.1) is 55.7 Å². The van der Waals surface area contributed by atoms with E-state index >= 15 is 52.7 Å². The summed E-state index contributed by atoms with van der Waals surface area (Å²) >= 11 is 0. The SMILES string of the molecule is CC(C)(C)c1cc2c3c(c1)N(c1c(-c4ccccc4)cccc1-c1ccccc1)c1cc(-n4c5ccc(C(F)(F)F)cc5c5cc(C(F)(F)F)ccc54)cc(-c4ccccc4)c1B3c1c(-c3ccccc3)cc(-n3c4ccc(C(F)(F)F)cc4c4cc(C(F)(F)F)ccc43)cc1N2c1c(-c2ccccc2)cccc1-c1ccccc1. The molecule has 17 aromatic rings. The number of hydrogen-bond acceptors (Lipinski definition) is 2. The second kappa shape index (κ2) is 26.7. The molecular weight excluding hydrogens is 1470 g/mol. The minimum absolute atomic E-state index is 0.0718. The van der Waals surface area contributed by atoms with Gasteiger partial charge in [-0.25, -0.2) is 0 Å². The van der Waals surface area contributed by atoms with Gasteiger partial charge in [0.1, 0.15) is 0 Å². The fourth-order valence-electron chi connectivity index (χ4n) is 17.4. The molecule has 15 aromatic carbocycles. The highest BCUT2D eigenvalue weighted by molar-refractivity contribution is 7.02. The van der Waals surface area contributed by atoms with Crippen molar-refractivity contribution in [3.05, 3.63) is 355 Å². The fourth-order valence-corrected chi connectivity index (χ4v) is 17.4. The summed E-state index contributed by atoms with van der Waals surface area (Å²) in [6, 6.07) is 96.7. The molecule has 17 heteroatoms. The van der Waals surface area contributed by atoms with Crippen molar-refractivity contribution < 1.29 is 52.7 Å². The number of hydrogen-bond donors (Lipinski definition) is 0. The van der Waals surface area contributed by atoms with E-state index in [1.165, 1.54) is 24.3 Å². The maximum atomic E-state index is 15.2. The average molecular weight is 1540 g/mol. The third kappa shape index (κ3) is 12.1. The molecule has 0 bridgehead atoms. The Labute approximate surface area is 653 Å². The number of alkyl halides is 12. The molecule has 562 valence electrons. The number of rotatable bonds is 10. The molecule has 19 rings (SSSR count). The van der Waals surface area contributed by atoms with Crippen LogP contribution in [0.25, 0.3) is 122 Å². The molecule has 0 aliphatic carbocycles. The van der Waals surface area contributed by atoms with Crippen LogP contribution in [0.4, 0.5) is 86.8 Å². The Hall–Kier alpha value is -13.3. The van der Waals surface area contributed by atoms with Gasteiger partial charge in [0.25, 0.3) is 6.71 Å². The van der Waals surface area contributed by atoms with Crippen molar-refractivity contribution in [2.45, 2.75) is 50.9 Å². The molecule has 0 N–H and O–H groups in total. The third-order valence-corrected chi connectivity index (χ3v) is 22.5. The predicted molar refractivity (Wildman–Crippen MR) is 440 cm³/mol. The maximum Gasteiger partial charge on any atom is 0.416 e. The van der Waals surface area contributed by atoms with E-state index in [1.54, 1.807) is 9.13 Å². The Morgan fingerprint density at radius 2 is 0.470 bits per heavy atom. The molecular formula is C98H63BF12N4. The van der Waals surface area contributed by atoms with Crippen LogP contribution in [0.1, 0.15) is 48.6 Å². The van der Waals surface area contributed by atoms with Gasteiger partial charge >= 0.3 is 24.7 Å². The molecule has 115 heavy (non-hydrogen) atoms. The van der Waals surface area contributed by atoms with Gasteiger partial charge in [0, 0.05) is 77.9 Å². The normalized spacial score (nSPS) is 13.1. The molecule has 0 saturated carbocycles. The highest BCUT2D eigenvalue weighted by Gasteiger charge is 2.49. The van der Waals surface area contributed by atoms with Crippen LogP contribution in [0.3, 0.4) is 0 Å². The summed E-state index contributed by atoms with van der Waals surface area (Å²) in [6.45, 7) is 5.49. The predicted octanol–water partition coefficient (Wildman–Crippen LogP) is 27.3. The molecule has 4 nitrogen and oxygen atoms in total. The van der Waals surface area contributed by atoms with Crippen LogP contribution in [0.2, 0.25) is 0 Å². The number of nitrogens with zero attached hydrogens (tertiary/aromatic N) is 4. The van der Waals surface area contributed by atoms with Gasteiger partial charge in [0.15, 0.2) is 0 Å². The second-order valence-electron chi connectivity index (χ2n) is 30.3. The quantitative estimate of drug-likeness (QED) is 0.100. The first-order valence-electron chi connectivity index (χ1n) is 37.4. The highest BCUT2D eigenvalue weighted by Crippen LogP contribution is 2.57. The first-order chi connectivity index (χ1) is 55.2. The molecule has 0 unspecified atom stereocenters. The summed E-state index contributed by atoms with van der Waals surface area (Å²) < 4.78 is 186. The molecule has 0 spiro atoms. The Bertz CT molecular complexity index is 6090. The highest BCUT2D eigenvalue weighted by atomic mass is 19.4. The minimum Gasteiger partial charge on any atom is -0.310 e. The van der Waals surface area contributed by atoms with Crippen LogP contribution in [0, 0.1) is 0 Å². The van der Waals surface area contributed by atoms with E-state index in [9.17, 15) is 0 Å². The lowest BCUT2D eigenvalue weighted by atomic mass is 9.31. The molecule has 4 heterocycles. The molecule has 0 atom stereocenters. The minimum atomic E-state index is -4.89. The smallest absolute Gasteiger partial charge is 0.310 e. The summed E-state index contributed by atoms with van der Waals surface area (Å²) in [5.74, 6) is 0. The van der Waals surface area contributed by atoms with Crippen LogP contribution in [-0.2, 0) is 30.1 Å². The zero-order valence-corrected chi connectivity index (χ0v) is 61.6. The zero-order chi connectivity index (χ0) is 79.4. The van der Waals surface area contributed by atoms with E-state index in [0.29, 0.717) is 56.4 Å². The lowest BCUT2D eigenvalue weighted by molar-refractivity contribution is -0.138. The second-order valence-corrected chi connectivity index (χ2v) is 30.3. The molecule has 0 fully saturated rings. The van der Waals surface area contributed by atoms with Gasteiger partial charge in [-0.1, -0.05) is 239 Å². The van der Waals surface area contributed by atoms with E-state index < -0.39 is 59.1 Å². The average Bonchev–Trinajstić information content (AvgIpc) is 0.808. The maximum absolute atomic E-state index is 15.2. The first kappa shape index (κ1) is 72.0. The van der Waals surface area contributed by atoms with Gasteiger partial charge in [-0.3, -0.25) is 0 Å². The number of anilines is 6. The number of benzene rings is 15. The third-order valence-electron chi connectivity index (χ3n) is 22.5.